The lowest BCUT2D eigenvalue weighted by Crippen LogP contribution is -1.97. The molecule has 1 atom stereocenters. The molecule has 0 aliphatic carbocycles. The summed E-state index contributed by atoms with van der Waals surface area (Å²) in [5.74, 6) is 1.88. The Morgan fingerprint density at radius 3 is 1.71 bits per heavy atom. The van der Waals surface area contributed by atoms with Crippen LogP contribution >= 0.6 is 0 Å². The molecule has 0 unspecified atom stereocenters. The van der Waals surface area contributed by atoms with Crippen molar-refractivity contribution < 1.29 is 5.11 Å². The number of allylic oxidation sites excluding steroid dienone is 2. The van der Waals surface area contributed by atoms with Crippen LogP contribution in [0.4, 0.5) is 0 Å². The highest BCUT2D eigenvalue weighted by Crippen LogP contribution is 2.03. The van der Waals surface area contributed by atoms with E-state index < -0.39 is 0 Å². The molecule has 0 heterocycles. The molecule has 0 aromatic carbocycles. The minimum absolute atomic E-state index is 0.294. The summed E-state index contributed by atoms with van der Waals surface area (Å²) in [6.07, 6.45) is 5.31. The van der Waals surface area contributed by atoms with Crippen LogP contribution in [0.3, 0.4) is 0 Å². The van der Waals surface area contributed by atoms with Gasteiger partial charge in [0.1, 0.15) is 0 Å². The first-order valence-electron chi connectivity index (χ1n) is 5.67. The van der Waals surface area contributed by atoms with E-state index in [9.17, 15) is 0 Å². The second-order valence-corrected chi connectivity index (χ2v) is 4.93. The van der Waals surface area contributed by atoms with Crippen LogP contribution in [-0.2, 0) is 0 Å². The SMILES string of the molecule is CC(C)/C=C/C[C@H](C)CO.CC(C)C. The van der Waals surface area contributed by atoms with Crippen LogP contribution < -0.4 is 0 Å². The number of aliphatic hydroxyl groups excluding tert-OH is 1. The number of hydrogen-bond donors (Lipinski definition) is 1. The molecule has 0 rings (SSSR count). The van der Waals surface area contributed by atoms with Gasteiger partial charge in [0.2, 0.25) is 0 Å². The maximum absolute atomic E-state index is 8.67. The molecule has 0 radical (unpaired) electrons. The molecule has 1 N–H and O–H groups in total. The Morgan fingerprint density at radius 1 is 1.00 bits per heavy atom. The van der Waals surface area contributed by atoms with Crippen LogP contribution in [-0.4, -0.2) is 11.7 Å². The van der Waals surface area contributed by atoms with Gasteiger partial charge >= 0.3 is 0 Å². The van der Waals surface area contributed by atoms with Crippen LogP contribution in [0.15, 0.2) is 12.2 Å². The Labute approximate surface area is 90.2 Å². The zero-order chi connectivity index (χ0) is 11.6. The van der Waals surface area contributed by atoms with E-state index >= 15 is 0 Å². The highest BCUT2D eigenvalue weighted by molar-refractivity contribution is 4.85. The molecule has 14 heavy (non-hydrogen) atoms. The van der Waals surface area contributed by atoms with E-state index in [2.05, 4.69) is 46.8 Å². The fraction of sp³-hybridized carbons (Fsp3) is 0.846. The predicted octanol–water partition coefficient (Wildman–Crippen LogP) is 3.88. The van der Waals surface area contributed by atoms with Gasteiger partial charge in [0.25, 0.3) is 0 Å². The summed E-state index contributed by atoms with van der Waals surface area (Å²) in [7, 11) is 0. The molecule has 0 bridgehead atoms. The number of hydrogen-bond acceptors (Lipinski definition) is 1. The van der Waals surface area contributed by atoms with Crippen molar-refractivity contribution in [3.63, 3.8) is 0 Å². The Bertz CT molecular complexity index is 122. The van der Waals surface area contributed by atoms with E-state index in [1.54, 1.807) is 0 Å². The van der Waals surface area contributed by atoms with Crippen molar-refractivity contribution in [2.45, 2.75) is 48.0 Å². The fourth-order valence-corrected chi connectivity index (χ4v) is 0.658. The lowest BCUT2D eigenvalue weighted by Gasteiger charge is -2.02. The van der Waals surface area contributed by atoms with Gasteiger partial charge in [0.05, 0.1) is 0 Å². The monoisotopic (exact) mass is 200 g/mol. The highest BCUT2D eigenvalue weighted by atomic mass is 16.3. The summed E-state index contributed by atoms with van der Waals surface area (Å²) in [4.78, 5) is 0. The first-order valence-corrected chi connectivity index (χ1v) is 5.67. The third-order valence-electron chi connectivity index (χ3n) is 1.37. The molecule has 1 heteroatoms. The highest BCUT2D eigenvalue weighted by Gasteiger charge is 1.94. The molecule has 0 saturated carbocycles. The van der Waals surface area contributed by atoms with Gasteiger partial charge in [-0.25, -0.2) is 0 Å². The zero-order valence-electron chi connectivity index (χ0n) is 10.7. The summed E-state index contributed by atoms with van der Waals surface area (Å²) in [6.45, 7) is 13.1. The van der Waals surface area contributed by atoms with E-state index in [-0.39, 0.29) is 0 Å². The van der Waals surface area contributed by atoms with Gasteiger partial charge in [0, 0.05) is 6.61 Å². The molecule has 0 aliphatic rings. The minimum atomic E-state index is 0.294. The molecular formula is C13H28O. The molecule has 0 aromatic heterocycles. The molecule has 0 saturated heterocycles. The third kappa shape index (κ3) is 22.6. The molecule has 86 valence electrons. The normalized spacial score (nSPS) is 13.2. The van der Waals surface area contributed by atoms with Crippen molar-refractivity contribution >= 4 is 0 Å². The van der Waals surface area contributed by atoms with Crippen molar-refractivity contribution in [3.05, 3.63) is 12.2 Å². The van der Waals surface area contributed by atoms with E-state index in [4.69, 9.17) is 5.11 Å². The molecule has 0 amide bonds. The Kier molecular flexibility index (Phi) is 12.4. The molecule has 1 nitrogen and oxygen atoms in total. The summed E-state index contributed by atoms with van der Waals surface area (Å²) < 4.78 is 0. The minimum Gasteiger partial charge on any atom is -0.396 e. The molecular weight excluding hydrogens is 172 g/mol. The van der Waals surface area contributed by atoms with Crippen molar-refractivity contribution in [1.82, 2.24) is 0 Å². The Hall–Kier alpha value is -0.300. The quantitative estimate of drug-likeness (QED) is 0.683. The Balaban J connectivity index is 0. The topological polar surface area (TPSA) is 20.2 Å². The summed E-state index contributed by atoms with van der Waals surface area (Å²) in [5, 5.41) is 8.67. The first-order chi connectivity index (χ1) is 6.40. The third-order valence-corrected chi connectivity index (χ3v) is 1.37. The standard InChI is InChI=1S/C9H18O.C4H10/c1-8(2)5-4-6-9(3)7-10;1-4(2)3/h4-5,8-10H,6-7H2,1-3H3;4H,1-3H3/b5-4+;/t9-;/m0./s1. The van der Waals surface area contributed by atoms with Gasteiger partial charge in [-0.15, -0.1) is 0 Å². The average molecular weight is 200 g/mol. The molecule has 0 spiro atoms. The second kappa shape index (κ2) is 10.8. The molecule has 0 aliphatic heterocycles. The van der Waals surface area contributed by atoms with Crippen LogP contribution in [0.2, 0.25) is 0 Å². The molecule has 0 fully saturated rings. The molecule has 0 aromatic rings. The fourth-order valence-electron chi connectivity index (χ4n) is 0.658. The van der Waals surface area contributed by atoms with E-state index in [0.29, 0.717) is 18.4 Å². The zero-order valence-corrected chi connectivity index (χ0v) is 10.7. The van der Waals surface area contributed by atoms with Gasteiger partial charge < -0.3 is 5.11 Å². The maximum atomic E-state index is 8.67. The van der Waals surface area contributed by atoms with E-state index in [1.807, 2.05) is 6.92 Å². The van der Waals surface area contributed by atoms with Crippen LogP contribution in [0.5, 0.6) is 0 Å². The smallest absolute Gasteiger partial charge is 0.0459 e. The maximum Gasteiger partial charge on any atom is 0.0459 e. The average Bonchev–Trinajstić information content (AvgIpc) is 2.02. The second-order valence-electron chi connectivity index (χ2n) is 4.93. The van der Waals surface area contributed by atoms with Crippen LogP contribution in [0, 0.1) is 17.8 Å². The predicted molar refractivity (Wildman–Crippen MR) is 65.4 cm³/mol. The van der Waals surface area contributed by atoms with Crippen molar-refractivity contribution in [3.8, 4) is 0 Å². The summed E-state index contributed by atoms with van der Waals surface area (Å²) in [5.41, 5.74) is 0. The first kappa shape index (κ1) is 16.1. The van der Waals surface area contributed by atoms with Gasteiger partial charge in [-0.2, -0.15) is 0 Å². The van der Waals surface area contributed by atoms with Gasteiger partial charge in [0.15, 0.2) is 0 Å². The Morgan fingerprint density at radius 2 is 1.43 bits per heavy atom. The van der Waals surface area contributed by atoms with Crippen molar-refractivity contribution in [2.75, 3.05) is 6.61 Å². The van der Waals surface area contributed by atoms with Crippen molar-refractivity contribution in [2.24, 2.45) is 17.8 Å². The number of rotatable bonds is 4. The van der Waals surface area contributed by atoms with Gasteiger partial charge in [-0.3, -0.25) is 0 Å². The van der Waals surface area contributed by atoms with Crippen molar-refractivity contribution in [1.29, 1.82) is 0 Å². The summed E-state index contributed by atoms with van der Waals surface area (Å²) >= 11 is 0. The van der Waals surface area contributed by atoms with E-state index in [0.717, 1.165) is 12.3 Å². The van der Waals surface area contributed by atoms with Crippen LogP contribution in [0.25, 0.3) is 0 Å². The number of aliphatic hydroxyl groups is 1. The van der Waals surface area contributed by atoms with Gasteiger partial charge in [-0.1, -0.05) is 53.7 Å². The van der Waals surface area contributed by atoms with Gasteiger partial charge in [-0.05, 0) is 24.2 Å². The van der Waals surface area contributed by atoms with E-state index in [1.165, 1.54) is 0 Å². The lowest BCUT2D eigenvalue weighted by atomic mass is 10.1. The largest absolute Gasteiger partial charge is 0.396 e. The van der Waals surface area contributed by atoms with Crippen LogP contribution in [0.1, 0.15) is 48.0 Å². The lowest BCUT2D eigenvalue weighted by molar-refractivity contribution is 0.238. The summed E-state index contributed by atoms with van der Waals surface area (Å²) in [6, 6.07) is 0.